The van der Waals surface area contributed by atoms with Gasteiger partial charge in [-0.2, -0.15) is 0 Å². The first-order valence-corrected chi connectivity index (χ1v) is 3.54. The van der Waals surface area contributed by atoms with Crippen LogP contribution in [-0.4, -0.2) is 23.2 Å². The molecule has 1 saturated heterocycles. The molecule has 0 aliphatic carbocycles. The quantitative estimate of drug-likeness (QED) is 0.549. The van der Waals surface area contributed by atoms with E-state index >= 15 is 0 Å². The molecule has 1 aliphatic rings. The van der Waals surface area contributed by atoms with E-state index < -0.39 is 0 Å². The average molecular weight is 145 g/mol. The van der Waals surface area contributed by atoms with Gasteiger partial charge < -0.3 is 0 Å². The zero-order chi connectivity index (χ0) is 6.85. The summed E-state index contributed by atoms with van der Waals surface area (Å²) in [5.74, 6) is 0.550. The van der Waals surface area contributed by atoms with E-state index in [0.717, 1.165) is 19.5 Å². The second-order valence-electron chi connectivity index (χ2n) is 2.51. The van der Waals surface area contributed by atoms with Crippen molar-refractivity contribution in [3.8, 4) is 0 Å². The highest BCUT2D eigenvalue weighted by Crippen LogP contribution is 2.17. The Hall–Kier alpha value is -0.0200. The maximum Gasteiger partial charge on any atom is 0.134 e. The summed E-state index contributed by atoms with van der Waals surface area (Å²) in [5.41, 5.74) is 0. The molecule has 1 aliphatic heterocycles. The van der Waals surface area contributed by atoms with Crippen LogP contribution in [0.1, 0.15) is 13.3 Å². The summed E-state index contributed by atoms with van der Waals surface area (Å²) >= 11 is 4.13. The molecule has 1 atom stereocenters. The first-order valence-electron chi connectivity index (χ1n) is 3.14. The highest BCUT2D eigenvalue weighted by Gasteiger charge is 2.23. The van der Waals surface area contributed by atoms with Crippen molar-refractivity contribution in [2.45, 2.75) is 13.3 Å². The van der Waals surface area contributed by atoms with Gasteiger partial charge in [0.2, 0.25) is 0 Å². The second kappa shape index (κ2) is 2.71. The predicted molar refractivity (Wildman–Crippen MR) is 39.3 cm³/mol. The van der Waals surface area contributed by atoms with Crippen LogP contribution in [0.2, 0.25) is 0 Å². The maximum absolute atomic E-state index is 10.7. The Bertz CT molecular complexity index is 126. The lowest BCUT2D eigenvalue weighted by atomic mass is 10.1. The predicted octanol–water partition coefficient (Wildman–Crippen LogP) is 0.742. The first kappa shape index (κ1) is 7.09. The van der Waals surface area contributed by atoms with Crippen molar-refractivity contribution < 1.29 is 4.79 Å². The van der Waals surface area contributed by atoms with E-state index in [-0.39, 0.29) is 5.92 Å². The molecular formula is C6H11NOS. The van der Waals surface area contributed by atoms with Gasteiger partial charge in [0.05, 0.1) is 0 Å². The lowest BCUT2D eigenvalue weighted by molar-refractivity contribution is -0.120. The van der Waals surface area contributed by atoms with Crippen LogP contribution in [0.5, 0.6) is 0 Å². The van der Waals surface area contributed by atoms with Crippen molar-refractivity contribution >= 4 is 18.6 Å². The Balaban J connectivity index is 2.39. The topological polar surface area (TPSA) is 20.3 Å². The van der Waals surface area contributed by atoms with Gasteiger partial charge in [-0.05, 0) is 13.3 Å². The summed E-state index contributed by atoms with van der Waals surface area (Å²) in [6, 6.07) is 0. The molecule has 0 spiro atoms. The molecule has 0 N–H and O–H groups in total. The summed E-state index contributed by atoms with van der Waals surface area (Å²) < 4.78 is 1.89. The van der Waals surface area contributed by atoms with E-state index in [1.807, 2.05) is 4.31 Å². The monoisotopic (exact) mass is 145 g/mol. The van der Waals surface area contributed by atoms with Crippen LogP contribution in [0.15, 0.2) is 0 Å². The molecule has 52 valence electrons. The third-order valence-electron chi connectivity index (χ3n) is 1.74. The van der Waals surface area contributed by atoms with Crippen LogP contribution in [0, 0.1) is 5.92 Å². The summed E-state index contributed by atoms with van der Waals surface area (Å²) in [5, 5.41) is 0. The molecule has 1 heterocycles. The Morgan fingerprint density at radius 3 is 2.67 bits per heavy atom. The minimum absolute atomic E-state index is 0.252. The van der Waals surface area contributed by atoms with Gasteiger partial charge in [0.25, 0.3) is 0 Å². The van der Waals surface area contributed by atoms with Gasteiger partial charge >= 0.3 is 0 Å². The van der Waals surface area contributed by atoms with Crippen molar-refractivity contribution in [3.05, 3.63) is 0 Å². The number of hydrogen-bond acceptors (Lipinski definition) is 3. The lowest BCUT2D eigenvalue weighted by Crippen LogP contribution is -2.13. The summed E-state index contributed by atoms with van der Waals surface area (Å²) in [6.07, 6.45) is 0.985. The van der Waals surface area contributed by atoms with Crippen molar-refractivity contribution in [1.82, 2.24) is 4.31 Å². The molecule has 0 radical (unpaired) electrons. The Labute approximate surface area is 60.8 Å². The number of Topliss-reactive ketones (excluding diaryl/α,β-unsaturated/α-hetero) is 1. The van der Waals surface area contributed by atoms with Gasteiger partial charge in [-0.25, -0.2) is 0 Å². The minimum Gasteiger partial charge on any atom is -0.300 e. The van der Waals surface area contributed by atoms with Gasteiger partial charge in [-0.1, -0.05) is 12.8 Å². The van der Waals surface area contributed by atoms with E-state index in [2.05, 4.69) is 12.8 Å². The van der Waals surface area contributed by atoms with Crippen LogP contribution in [0.25, 0.3) is 0 Å². The van der Waals surface area contributed by atoms with Crippen LogP contribution in [0.3, 0.4) is 0 Å². The zero-order valence-electron chi connectivity index (χ0n) is 5.50. The summed E-state index contributed by atoms with van der Waals surface area (Å²) in [7, 11) is 0. The molecule has 0 aromatic heterocycles. The highest BCUT2D eigenvalue weighted by molar-refractivity contribution is 7.77. The zero-order valence-corrected chi connectivity index (χ0v) is 6.40. The molecule has 1 fully saturated rings. The van der Waals surface area contributed by atoms with E-state index in [1.165, 1.54) is 0 Å². The molecule has 2 nitrogen and oxygen atoms in total. The van der Waals surface area contributed by atoms with E-state index in [1.54, 1.807) is 6.92 Å². The van der Waals surface area contributed by atoms with Crippen molar-refractivity contribution in [2.75, 3.05) is 13.1 Å². The number of thiol groups is 1. The SMILES string of the molecule is CC(=O)C1CCN(S)C1. The van der Waals surface area contributed by atoms with Gasteiger partial charge in [-0.15, -0.1) is 0 Å². The normalized spacial score (nSPS) is 28.9. The Morgan fingerprint density at radius 2 is 2.44 bits per heavy atom. The smallest absolute Gasteiger partial charge is 0.134 e. The average Bonchev–Trinajstić information content (AvgIpc) is 2.14. The Kier molecular flexibility index (Phi) is 2.13. The van der Waals surface area contributed by atoms with E-state index in [4.69, 9.17) is 0 Å². The van der Waals surface area contributed by atoms with Crippen LogP contribution in [0.4, 0.5) is 0 Å². The van der Waals surface area contributed by atoms with Crippen molar-refractivity contribution in [1.29, 1.82) is 0 Å². The molecular weight excluding hydrogens is 134 g/mol. The number of ketones is 1. The lowest BCUT2D eigenvalue weighted by Gasteiger charge is -2.03. The van der Waals surface area contributed by atoms with Gasteiger partial charge in [0.1, 0.15) is 5.78 Å². The third kappa shape index (κ3) is 1.69. The molecule has 0 amide bonds. The fourth-order valence-corrected chi connectivity index (χ4v) is 1.39. The van der Waals surface area contributed by atoms with Crippen molar-refractivity contribution in [2.24, 2.45) is 5.92 Å². The van der Waals surface area contributed by atoms with Gasteiger partial charge in [-0.3, -0.25) is 9.10 Å². The fraction of sp³-hybridized carbons (Fsp3) is 0.833. The van der Waals surface area contributed by atoms with Crippen LogP contribution < -0.4 is 0 Å². The number of hydrogen-bond donors (Lipinski definition) is 1. The Morgan fingerprint density at radius 1 is 1.78 bits per heavy atom. The number of nitrogens with zero attached hydrogens (tertiary/aromatic N) is 1. The molecule has 0 aromatic rings. The van der Waals surface area contributed by atoms with Crippen molar-refractivity contribution in [3.63, 3.8) is 0 Å². The molecule has 1 rings (SSSR count). The molecule has 0 aromatic carbocycles. The van der Waals surface area contributed by atoms with Crippen LogP contribution >= 0.6 is 12.8 Å². The van der Waals surface area contributed by atoms with Gasteiger partial charge in [0.15, 0.2) is 0 Å². The molecule has 1 unspecified atom stereocenters. The van der Waals surface area contributed by atoms with Gasteiger partial charge in [0, 0.05) is 19.0 Å². The van der Waals surface area contributed by atoms with Crippen LogP contribution in [-0.2, 0) is 4.79 Å². The number of carbonyl (C=O) groups is 1. The fourth-order valence-electron chi connectivity index (χ4n) is 1.07. The molecule has 3 heteroatoms. The summed E-state index contributed by atoms with van der Waals surface area (Å²) in [4.78, 5) is 10.7. The molecule has 9 heavy (non-hydrogen) atoms. The third-order valence-corrected chi connectivity index (χ3v) is 2.11. The largest absolute Gasteiger partial charge is 0.300 e. The molecule has 0 saturated carbocycles. The van der Waals surface area contributed by atoms with E-state index in [0.29, 0.717) is 5.78 Å². The molecule has 0 bridgehead atoms. The first-order chi connectivity index (χ1) is 4.20. The summed E-state index contributed by atoms with van der Waals surface area (Å²) in [6.45, 7) is 3.43. The second-order valence-corrected chi connectivity index (χ2v) is 3.07. The number of carbonyl (C=O) groups excluding carboxylic acids is 1. The minimum atomic E-state index is 0.252. The highest BCUT2D eigenvalue weighted by atomic mass is 32.1. The standard InChI is InChI=1S/C6H11NOS/c1-5(8)6-2-3-7(9)4-6/h6,9H,2-4H2,1H3. The maximum atomic E-state index is 10.7. The number of rotatable bonds is 1. The van der Waals surface area contributed by atoms with E-state index in [9.17, 15) is 4.79 Å².